The van der Waals surface area contributed by atoms with Gasteiger partial charge >= 0.3 is 0 Å². The van der Waals surface area contributed by atoms with Crippen molar-refractivity contribution >= 4 is 28.3 Å². The van der Waals surface area contributed by atoms with E-state index >= 15 is 0 Å². The molecule has 88 valence electrons. The predicted octanol–water partition coefficient (Wildman–Crippen LogP) is 1.62. The minimum Gasteiger partial charge on any atom is -0.323 e. The standard InChI is InChI=1S/C11H10FN3O2/c1-6(16)2-11(17)14-10-3-7-5-13-15-9(7)4-8(10)12/h3-5H,2H2,1H3,(H,13,15)(H,14,17). The Bertz CT molecular complexity index is 591. The molecule has 1 amide bonds. The Kier molecular flexibility index (Phi) is 2.86. The number of nitrogens with zero attached hydrogens (tertiary/aromatic N) is 1. The minimum atomic E-state index is -0.571. The van der Waals surface area contributed by atoms with Crippen molar-refractivity contribution in [3.8, 4) is 0 Å². The zero-order valence-electron chi connectivity index (χ0n) is 9.08. The van der Waals surface area contributed by atoms with E-state index in [2.05, 4.69) is 15.5 Å². The van der Waals surface area contributed by atoms with Gasteiger partial charge in [-0.3, -0.25) is 14.7 Å². The van der Waals surface area contributed by atoms with Gasteiger partial charge in [0.2, 0.25) is 5.91 Å². The van der Waals surface area contributed by atoms with E-state index in [-0.39, 0.29) is 17.9 Å². The number of aromatic amines is 1. The fraction of sp³-hybridized carbons (Fsp3) is 0.182. The highest BCUT2D eigenvalue weighted by atomic mass is 19.1. The van der Waals surface area contributed by atoms with E-state index in [9.17, 15) is 14.0 Å². The van der Waals surface area contributed by atoms with Crippen LogP contribution in [0.2, 0.25) is 0 Å². The number of benzene rings is 1. The maximum absolute atomic E-state index is 13.5. The number of carbonyl (C=O) groups excluding carboxylic acids is 2. The molecule has 0 fully saturated rings. The van der Waals surface area contributed by atoms with Gasteiger partial charge in [-0.2, -0.15) is 5.10 Å². The fourth-order valence-electron chi connectivity index (χ4n) is 1.48. The van der Waals surface area contributed by atoms with Gasteiger partial charge in [-0.15, -0.1) is 0 Å². The molecule has 1 heterocycles. The van der Waals surface area contributed by atoms with Crippen molar-refractivity contribution in [2.75, 3.05) is 5.32 Å². The van der Waals surface area contributed by atoms with E-state index in [1.807, 2.05) is 0 Å². The highest BCUT2D eigenvalue weighted by Gasteiger charge is 2.10. The summed E-state index contributed by atoms with van der Waals surface area (Å²) in [5.74, 6) is -1.37. The van der Waals surface area contributed by atoms with Crippen LogP contribution in [0.3, 0.4) is 0 Å². The fourth-order valence-corrected chi connectivity index (χ4v) is 1.48. The van der Waals surface area contributed by atoms with Gasteiger partial charge < -0.3 is 5.32 Å². The van der Waals surface area contributed by atoms with Crippen molar-refractivity contribution < 1.29 is 14.0 Å². The smallest absolute Gasteiger partial charge is 0.231 e. The first kappa shape index (κ1) is 11.3. The van der Waals surface area contributed by atoms with Crippen LogP contribution in [-0.4, -0.2) is 21.9 Å². The zero-order chi connectivity index (χ0) is 12.4. The van der Waals surface area contributed by atoms with Crippen molar-refractivity contribution in [3.05, 3.63) is 24.1 Å². The van der Waals surface area contributed by atoms with Gasteiger partial charge in [0.15, 0.2) is 0 Å². The molecule has 17 heavy (non-hydrogen) atoms. The number of halogens is 1. The summed E-state index contributed by atoms with van der Waals surface area (Å²) in [6, 6.07) is 2.71. The summed E-state index contributed by atoms with van der Waals surface area (Å²) in [4.78, 5) is 22.1. The summed E-state index contributed by atoms with van der Waals surface area (Å²) >= 11 is 0. The Hall–Kier alpha value is -2.24. The summed E-state index contributed by atoms with van der Waals surface area (Å²) in [6.07, 6.45) is 1.26. The lowest BCUT2D eigenvalue weighted by molar-refractivity contribution is -0.124. The Morgan fingerprint density at radius 1 is 1.47 bits per heavy atom. The topological polar surface area (TPSA) is 74.8 Å². The molecule has 0 aliphatic carbocycles. The van der Waals surface area contributed by atoms with Gasteiger partial charge in [-0.05, 0) is 13.0 Å². The third-order valence-corrected chi connectivity index (χ3v) is 2.21. The first-order chi connectivity index (χ1) is 8.06. The maximum atomic E-state index is 13.5. The zero-order valence-corrected chi connectivity index (χ0v) is 9.08. The largest absolute Gasteiger partial charge is 0.323 e. The van der Waals surface area contributed by atoms with Crippen LogP contribution < -0.4 is 5.32 Å². The third-order valence-electron chi connectivity index (χ3n) is 2.21. The first-order valence-corrected chi connectivity index (χ1v) is 4.98. The number of Topliss-reactive ketones (excluding diaryl/α,β-unsaturated/α-hetero) is 1. The second-order valence-corrected chi connectivity index (χ2v) is 3.72. The Morgan fingerprint density at radius 3 is 2.94 bits per heavy atom. The van der Waals surface area contributed by atoms with Crippen molar-refractivity contribution in [1.29, 1.82) is 0 Å². The Labute approximate surface area is 96.0 Å². The van der Waals surface area contributed by atoms with Crippen LogP contribution in [0.5, 0.6) is 0 Å². The number of hydrogen-bond acceptors (Lipinski definition) is 3. The monoisotopic (exact) mass is 235 g/mol. The molecular weight excluding hydrogens is 225 g/mol. The van der Waals surface area contributed by atoms with Gasteiger partial charge in [0.1, 0.15) is 11.6 Å². The summed E-state index contributed by atoms with van der Waals surface area (Å²) in [5.41, 5.74) is 0.595. The normalized spacial score (nSPS) is 10.5. The van der Waals surface area contributed by atoms with Crippen LogP contribution in [0.4, 0.5) is 10.1 Å². The molecule has 2 rings (SSSR count). The molecule has 0 aliphatic heterocycles. The molecule has 0 saturated heterocycles. The number of H-pyrrole nitrogens is 1. The lowest BCUT2D eigenvalue weighted by atomic mass is 10.2. The van der Waals surface area contributed by atoms with Gasteiger partial charge in [-0.1, -0.05) is 0 Å². The second kappa shape index (κ2) is 4.32. The summed E-state index contributed by atoms with van der Waals surface area (Å²) < 4.78 is 13.5. The molecular formula is C11H10FN3O2. The van der Waals surface area contributed by atoms with Gasteiger partial charge in [-0.25, -0.2) is 4.39 Å². The number of hydrogen-bond donors (Lipinski definition) is 2. The molecule has 0 aliphatic rings. The van der Waals surface area contributed by atoms with E-state index < -0.39 is 11.7 Å². The van der Waals surface area contributed by atoms with Crippen LogP contribution in [0.1, 0.15) is 13.3 Å². The SMILES string of the molecule is CC(=O)CC(=O)Nc1cc2cn[nH]c2cc1F. The summed E-state index contributed by atoms with van der Waals surface area (Å²) in [7, 11) is 0. The average molecular weight is 235 g/mol. The molecule has 1 aromatic heterocycles. The minimum absolute atomic E-state index is 0.0464. The molecule has 0 atom stereocenters. The molecule has 2 N–H and O–H groups in total. The average Bonchev–Trinajstić information content (AvgIpc) is 2.63. The number of amides is 1. The van der Waals surface area contributed by atoms with Crippen LogP contribution in [0, 0.1) is 5.82 Å². The number of carbonyl (C=O) groups is 2. The number of fused-ring (bicyclic) bond motifs is 1. The van der Waals surface area contributed by atoms with E-state index in [1.165, 1.54) is 25.3 Å². The van der Waals surface area contributed by atoms with E-state index in [4.69, 9.17) is 0 Å². The van der Waals surface area contributed by atoms with Crippen molar-refractivity contribution in [3.63, 3.8) is 0 Å². The molecule has 0 spiro atoms. The lowest BCUT2D eigenvalue weighted by Gasteiger charge is -2.05. The molecule has 0 radical (unpaired) electrons. The molecule has 1 aromatic carbocycles. The molecule has 5 nitrogen and oxygen atoms in total. The molecule has 0 saturated carbocycles. The Morgan fingerprint density at radius 2 is 2.24 bits per heavy atom. The van der Waals surface area contributed by atoms with Gasteiger partial charge in [0.25, 0.3) is 0 Å². The number of nitrogens with one attached hydrogen (secondary N) is 2. The molecule has 0 bridgehead atoms. The third kappa shape index (κ3) is 2.47. The van der Waals surface area contributed by atoms with E-state index in [1.54, 1.807) is 0 Å². The lowest BCUT2D eigenvalue weighted by Crippen LogP contribution is -2.15. The van der Waals surface area contributed by atoms with E-state index in [0.29, 0.717) is 10.9 Å². The van der Waals surface area contributed by atoms with E-state index in [0.717, 1.165) is 0 Å². The highest BCUT2D eigenvalue weighted by molar-refractivity contribution is 6.04. The quantitative estimate of drug-likeness (QED) is 0.794. The van der Waals surface area contributed by atoms with Crippen molar-refractivity contribution in [1.82, 2.24) is 10.2 Å². The summed E-state index contributed by atoms with van der Waals surface area (Å²) in [5, 5.41) is 9.40. The Balaban J connectivity index is 2.25. The predicted molar refractivity (Wildman–Crippen MR) is 60.0 cm³/mol. The molecule has 6 heteroatoms. The van der Waals surface area contributed by atoms with Gasteiger partial charge in [0.05, 0.1) is 23.8 Å². The van der Waals surface area contributed by atoms with Crippen LogP contribution in [0.25, 0.3) is 10.9 Å². The number of aromatic nitrogens is 2. The van der Waals surface area contributed by atoms with Crippen LogP contribution in [0.15, 0.2) is 18.3 Å². The summed E-state index contributed by atoms with van der Waals surface area (Å²) in [6.45, 7) is 1.30. The molecule has 2 aromatic rings. The number of ketones is 1. The van der Waals surface area contributed by atoms with Crippen molar-refractivity contribution in [2.24, 2.45) is 0 Å². The van der Waals surface area contributed by atoms with Crippen molar-refractivity contribution in [2.45, 2.75) is 13.3 Å². The van der Waals surface area contributed by atoms with Gasteiger partial charge in [0, 0.05) is 11.5 Å². The highest BCUT2D eigenvalue weighted by Crippen LogP contribution is 2.21. The maximum Gasteiger partial charge on any atom is 0.231 e. The van der Waals surface area contributed by atoms with Crippen LogP contribution in [-0.2, 0) is 9.59 Å². The molecule has 0 unspecified atom stereocenters. The first-order valence-electron chi connectivity index (χ1n) is 4.98. The number of rotatable bonds is 3. The number of anilines is 1. The second-order valence-electron chi connectivity index (χ2n) is 3.72. The van der Waals surface area contributed by atoms with Crippen LogP contribution >= 0.6 is 0 Å².